The van der Waals surface area contributed by atoms with E-state index in [2.05, 4.69) is 66.4 Å². The zero-order valence-electron chi connectivity index (χ0n) is 41.5. The molecule has 0 aliphatic carbocycles. The van der Waals surface area contributed by atoms with Crippen molar-refractivity contribution in [2.75, 3.05) is 60.0 Å². The minimum Gasteiger partial charge on any atom is -0.508 e. The number of methoxy groups -OCH3 is 1. The van der Waals surface area contributed by atoms with Gasteiger partial charge in [-0.2, -0.15) is 0 Å². The highest BCUT2D eigenvalue weighted by Crippen LogP contribution is 2.38. The van der Waals surface area contributed by atoms with Crippen LogP contribution >= 0.6 is 0 Å². The van der Waals surface area contributed by atoms with Crippen molar-refractivity contribution in [3.63, 3.8) is 0 Å². The van der Waals surface area contributed by atoms with Crippen molar-refractivity contribution >= 4 is 52.9 Å². The Bertz CT molecular complexity index is 2390. The number of piperazine rings is 1. The molecule has 2 saturated heterocycles. The summed E-state index contributed by atoms with van der Waals surface area (Å²) in [5.41, 5.74) is 8.49. The van der Waals surface area contributed by atoms with Gasteiger partial charge in [-0.3, -0.25) is 29.2 Å². The number of urea groups is 1. The van der Waals surface area contributed by atoms with E-state index < -0.39 is 23.4 Å². The molecule has 368 valence electrons. The molecular formula is C52H72N8O8. The van der Waals surface area contributed by atoms with Crippen molar-refractivity contribution < 1.29 is 38.6 Å². The second kappa shape index (κ2) is 23.6. The highest BCUT2D eigenvalue weighted by molar-refractivity contribution is 5.94. The van der Waals surface area contributed by atoms with E-state index in [4.69, 9.17) is 9.47 Å². The molecule has 3 unspecified atom stereocenters. The molecule has 3 heterocycles. The van der Waals surface area contributed by atoms with Crippen LogP contribution in [0.3, 0.4) is 0 Å². The van der Waals surface area contributed by atoms with Crippen LogP contribution in [0, 0.1) is 11.3 Å². The number of hydrogen-bond donors (Lipinski definition) is 3. The molecule has 0 bridgehead atoms. The molecule has 0 spiro atoms. The number of benzene rings is 2. The van der Waals surface area contributed by atoms with Gasteiger partial charge in [-0.1, -0.05) is 59.1 Å². The molecule has 16 nitrogen and oxygen atoms in total. The van der Waals surface area contributed by atoms with E-state index in [0.717, 1.165) is 40.6 Å². The Hall–Kier alpha value is -6.26. The summed E-state index contributed by atoms with van der Waals surface area (Å²) in [6.07, 6.45) is 8.52. The lowest BCUT2D eigenvalue weighted by molar-refractivity contribution is -0.144. The molecule has 0 radical (unpaired) electrons. The monoisotopic (exact) mass is 937 g/mol. The Morgan fingerprint density at radius 2 is 1.69 bits per heavy atom. The smallest absolute Gasteiger partial charge is 0.320 e. The predicted octanol–water partition coefficient (Wildman–Crippen LogP) is 6.36. The number of nitrogens with zero attached hydrogens (tertiary/aromatic N) is 6. The Balaban J connectivity index is 1.54. The fourth-order valence-corrected chi connectivity index (χ4v) is 9.03. The number of aliphatic imine (C=N–C) groups is 1. The number of likely N-dealkylation sites (N-methyl/N-ethyl adjacent to an activating group) is 1. The summed E-state index contributed by atoms with van der Waals surface area (Å²) in [7, 11) is 3.23. The third kappa shape index (κ3) is 13.0. The molecule has 3 N–H and O–H groups in total. The number of ether oxygens (including phenoxy) is 2. The number of esters is 1. The minimum atomic E-state index is -1.05. The maximum Gasteiger partial charge on any atom is 0.320 e. The Kier molecular flexibility index (Phi) is 18.3. The molecule has 2 aliphatic heterocycles. The van der Waals surface area contributed by atoms with Crippen molar-refractivity contribution in [2.45, 2.75) is 98.9 Å². The van der Waals surface area contributed by atoms with Gasteiger partial charge in [0.15, 0.2) is 0 Å². The molecule has 2 aromatic carbocycles. The van der Waals surface area contributed by atoms with Gasteiger partial charge in [0, 0.05) is 102 Å². The van der Waals surface area contributed by atoms with Crippen molar-refractivity contribution in [3.8, 4) is 16.9 Å². The number of phenolic OH excluding ortho intramolecular Hbond substituents is 1. The lowest BCUT2D eigenvalue weighted by Crippen LogP contribution is -2.61. The average Bonchev–Trinajstić information content (AvgIpc) is 3.60. The van der Waals surface area contributed by atoms with Crippen molar-refractivity contribution in [1.29, 1.82) is 0 Å². The van der Waals surface area contributed by atoms with Gasteiger partial charge in [0.1, 0.15) is 17.8 Å². The first-order chi connectivity index (χ1) is 32.3. The highest BCUT2D eigenvalue weighted by Gasteiger charge is 2.37. The lowest BCUT2D eigenvalue weighted by atomic mass is 9.85. The first-order valence-corrected chi connectivity index (χ1v) is 23.6. The zero-order valence-corrected chi connectivity index (χ0v) is 41.5. The van der Waals surface area contributed by atoms with E-state index >= 15 is 0 Å². The van der Waals surface area contributed by atoms with Gasteiger partial charge in [0.2, 0.25) is 11.8 Å². The summed E-state index contributed by atoms with van der Waals surface area (Å²) in [6, 6.07) is 9.05. The molecule has 3 aromatic rings. The summed E-state index contributed by atoms with van der Waals surface area (Å²) in [6.45, 7) is 23.9. The molecular weight excluding hydrogens is 865 g/mol. The third-order valence-electron chi connectivity index (χ3n) is 12.6. The maximum atomic E-state index is 14.4. The van der Waals surface area contributed by atoms with Crippen molar-refractivity contribution in [1.82, 2.24) is 35.0 Å². The summed E-state index contributed by atoms with van der Waals surface area (Å²) in [5, 5.41) is 16.9. The summed E-state index contributed by atoms with van der Waals surface area (Å²) in [4.78, 5) is 76.1. The van der Waals surface area contributed by atoms with Crippen LogP contribution in [-0.2, 0) is 48.0 Å². The molecule has 5 rings (SSSR count). The summed E-state index contributed by atoms with van der Waals surface area (Å²) < 4.78 is 13.5. The molecule has 2 aliphatic rings. The van der Waals surface area contributed by atoms with Crippen LogP contribution in [0.15, 0.2) is 72.4 Å². The van der Waals surface area contributed by atoms with Gasteiger partial charge in [-0.25, -0.2) is 10.2 Å². The molecule has 16 heteroatoms. The average molecular weight is 937 g/mol. The van der Waals surface area contributed by atoms with E-state index in [0.29, 0.717) is 69.1 Å². The largest absolute Gasteiger partial charge is 0.508 e. The predicted molar refractivity (Wildman–Crippen MR) is 267 cm³/mol. The van der Waals surface area contributed by atoms with Gasteiger partial charge in [-0.05, 0) is 97.7 Å². The van der Waals surface area contributed by atoms with Crippen LogP contribution in [0.5, 0.6) is 5.75 Å². The molecule has 2 fully saturated rings. The number of aryl methyl sites for hydroxylation is 1. The van der Waals surface area contributed by atoms with Crippen LogP contribution in [0.2, 0.25) is 0 Å². The van der Waals surface area contributed by atoms with E-state index in [1.54, 1.807) is 53.4 Å². The Morgan fingerprint density at radius 3 is 2.29 bits per heavy atom. The molecule has 0 saturated carbocycles. The van der Waals surface area contributed by atoms with Crippen molar-refractivity contribution in [3.05, 3.63) is 84.2 Å². The van der Waals surface area contributed by atoms with Crippen LogP contribution in [-0.4, -0.2) is 144 Å². The maximum absolute atomic E-state index is 14.4. The molecule has 1 aromatic heterocycles. The van der Waals surface area contributed by atoms with E-state index in [1.165, 1.54) is 17.9 Å². The fraction of sp³-hybridized carbons (Fsp3) is 0.500. The number of rotatable bonds is 19. The fourth-order valence-electron chi connectivity index (χ4n) is 9.03. The Morgan fingerprint density at radius 1 is 0.985 bits per heavy atom. The van der Waals surface area contributed by atoms with E-state index in [1.807, 2.05) is 39.0 Å². The number of allylic oxidation sites excluding steroid dienone is 1. The second-order valence-corrected chi connectivity index (χ2v) is 18.8. The SMILES string of the molecule is C=CC=N/C(=C/c1c(CC(C)(C)COC(C)=O)c2cc(-c3cc(O)cc(CC(NC(=O)C(C(C)C)N(C)C(=O)N4CCN(C(=O)C=C)CC4)C(=O)N4CCCCN4)c3)ccc2n1CC)C(C)OC. The van der Waals surface area contributed by atoms with E-state index in [9.17, 15) is 29.1 Å². The van der Waals surface area contributed by atoms with Crippen LogP contribution in [0.4, 0.5) is 4.79 Å². The van der Waals surface area contributed by atoms with Gasteiger partial charge in [-0.15, -0.1) is 0 Å². The lowest BCUT2D eigenvalue weighted by Gasteiger charge is -2.39. The number of hydrazine groups is 1. The quantitative estimate of drug-likeness (QED) is 0.0702. The number of hydrogen-bond acceptors (Lipinski definition) is 10. The molecule has 3 atom stereocenters. The third-order valence-corrected chi connectivity index (χ3v) is 12.6. The molecule has 5 amide bonds. The minimum absolute atomic E-state index is 0.0118. The van der Waals surface area contributed by atoms with Gasteiger partial charge < -0.3 is 39.2 Å². The Labute approximate surface area is 401 Å². The highest BCUT2D eigenvalue weighted by atomic mass is 16.5. The first-order valence-electron chi connectivity index (χ1n) is 23.6. The second-order valence-electron chi connectivity index (χ2n) is 18.8. The van der Waals surface area contributed by atoms with Crippen LogP contribution < -0.4 is 10.7 Å². The van der Waals surface area contributed by atoms with Gasteiger partial charge >= 0.3 is 12.0 Å². The van der Waals surface area contributed by atoms with Crippen molar-refractivity contribution in [2.24, 2.45) is 16.3 Å². The number of carbonyl (C=O) groups is 5. The normalized spacial score (nSPS) is 16.1. The van der Waals surface area contributed by atoms with Crippen LogP contribution in [0.25, 0.3) is 28.1 Å². The number of amides is 5. The summed E-state index contributed by atoms with van der Waals surface area (Å²) in [5.74, 6) is -1.69. The number of aromatic nitrogens is 1. The summed E-state index contributed by atoms with van der Waals surface area (Å²) >= 11 is 0. The molecule has 68 heavy (non-hydrogen) atoms. The van der Waals surface area contributed by atoms with Gasteiger partial charge in [0.25, 0.3) is 5.91 Å². The standard InChI is InChI=1S/C52H72N8O8/c1-12-19-53-43(35(6)67-11)31-46-42(32-52(8,9)33-68-36(7)61)41-30-38(17-18-45(41)59(46)14-3)39-26-37(27-40(62)29-39)28-44(50(65)60-21-16-15-20-54-60)55-49(64)48(34(4)5)56(10)51(66)58-24-22-57(23-25-58)47(63)13-2/h12-13,17-19,26-27,29-31,34-35,44,48,54,62H,1-2,14-16,20-25,28,32-33H2,3-11H3,(H,55,64)/b43-31+,53-19?. The van der Waals surface area contributed by atoms with Gasteiger partial charge in [0.05, 0.1) is 18.4 Å². The number of carbonyl (C=O) groups excluding carboxylic acids is 5. The number of phenols is 1. The first kappa shape index (κ1) is 52.7. The number of fused-ring (bicyclic) bond motifs is 1. The van der Waals surface area contributed by atoms with Crippen LogP contribution in [0.1, 0.15) is 78.1 Å². The topological polar surface area (TPSA) is 178 Å². The van der Waals surface area contributed by atoms with E-state index in [-0.39, 0.29) is 54.6 Å². The number of aromatic hydroxyl groups is 1. The zero-order chi connectivity index (χ0) is 49.9. The number of nitrogens with one attached hydrogen (secondary N) is 2.